The Morgan fingerprint density at radius 3 is 2.69 bits per heavy atom. The Kier molecular flexibility index (Phi) is 6.06. The second-order valence-corrected chi connectivity index (χ2v) is 6.99. The maximum Gasteiger partial charge on any atom is 0.248 e. The number of anilines is 2. The van der Waals surface area contributed by atoms with E-state index in [9.17, 15) is 9.59 Å². The Hall–Kier alpha value is -3.90. The lowest BCUT2D eigenvalue weighted by Crippen LogP contribution is -2.18. The second kappa shape index (κ2) is 8.86. The van der Waals surface area contributed by atoms with Crippen LogP contribution in [0, 0.1) is 11.3 Å². The van der Waals surface area contributed by atoms with Crippen LogP contribution >= 0.6 is 11.3 Å². The number of carbonyl (C=O) groups is 2. The summed E-state index contributed by atoms with van der Waals surface area (Å²) in [5.41, 5.74) is 2.19. The molecule has 0 aliphatic heterocycles. The average Bonchev–Trinajstić information content (AvgIpc) is 3.21. The molecule has 0 radical (unpaired) electrons. The van der Waals surface area contributed by atoms with Crippen LogP contribution in [0.3, 0.4) is 0 Å². The van der Waals surface area contributed by atoms with Crippen LogP contribution in [0.1, 0.15) is 23.3 Å². The van der Waals surface area contributed by atoms with E-state index >= 15 is 0 Å². The van der Waals surface area contributed by atoms with Crippen molar-refractivity contribution in [2.24, 2.45) is 0 Å². The van der Waals surface area contributed by atoms with Gasteiger partial charge < -0.3 is 10.6 Å². The van der Waals surface area contributed by atoms with Crippen molar-refractivity contribution in [1.82, 2.24) is 15.0 Å². The van der Waals surface area contributed by atoms with Gasteiger partial charge in [-0.25, -0.2) is 9.97 Å². The van der Waals surface area contributed by atoms with Crippen LogP contribution < -0.4 is 10.6 Å². The molecule has 0 fully saturated rings. The summed E-state index contributed by atoms with van der Waals surface area (Å²) < 4.78 is 0. The highest BCUT2D eigenvalue weighted by molar-refractivity contribution is 7.16. The van der Waals surface area contributed by atoms with Gasteiger partial charge in [0.15, 0.2) is 10.9 Å². The van der Waals surface area contributed by atoms with Crippen molar-refractivity contribution in [3.8, 4) is 17.3 Å². The lowest BCUT2D eigenvalue weighted by Gasteiger charge is -2.12. The Balaban J connectivity index is 1.74. The molecular formula is C20H16N6O2S. The molecule has 2 heterocycles. The second-order valence-electron chi connectivity index (χ2n) is 5.96. The van der Waals surface area contributed by atoms with Gasteiger partial charge in [-0.15, -0.1) is 0 Å². The molecular weight excluding hydrogens is 388 g/mol. The Labute approximate surface area is 171 Å². The first-order chi connectivity index (χ1) is 14.0. The predicted molar refractivity (Wildman–Crippen MR) is 110 cm³/mol. The molecule has 0 aliphatic carbocycles. The number of nitriles is 1. The van der Waals surface area contributed by atoms with Gasteiger partial charge in [0.25, 0.3) is 0 Å². The standard InChI is InChI=1S/C20H16N6O2S/c1-3-18(27)25-17-11-22-16(10-23-17)14-6-4-5-13(7-14)12(2)19(28)26-20-24-9-15(8-21)29-20/h3-7,9-12H,1H2,2H3,(H,23,25,27)(H,24,26,28)/t12-/m0/s1. The van der Waals surface area contributed by atoms with Gasteiger partial charge in [-0.3, -0.25) is 14.6 Å². The van der Waals surface area contributed by atoms with Crippen molar-refractivity contribution in [3.63, 3.8) is 0 Å². The lowest BCUT2D eigenvalue weighted by molar-refractivity contribution is -0.117. The first-order valence-electron chi connectivity index (χ1n) is 8.52. The van der Waals surface area contributed by atoms with Crippen molar-refractivity contribution in [3.05, 3.63) is 66.0 Å². The van der Waals surface area contributed by atoms with Gasteiger partial charge in [-0.1, -0.05) is 36.1 Å². The molecule has 1 aromatic carbocycles. The fourth-order valence-electron chi connectivity index (χ4n) is 2.43. The minimum atomic E-state index is -0.441. The number of hydrogen-bond donors (Lipinski definition) is 2. The highest BCUT2D eigenvalue weighted by atomic mass is 32.1. The van der Waals surface area contributed by atoms with Crippen LogP contribution in [0.5, 0.6) is 0 Å². The predicted octanol–water partition coefficient (Wildman–Crippen LogP) is 3.34. The lowest BCUT2D eigenvalue weighted by atomic mass is 9.97. The smallest absolute Gasteiger partial charge is 0.248 e. The fourth-order valence-corrected chi connectivity index (χ4v) is 3.05. The van der Waals surface area contributed by atoms with Gasteiger partial charge in [0.1, 0.15) is 10.9 Å². The highest BCUT2D eigenvalue weighted by Crippen LogP contribution is 2.25. The van der Waals surface area contributed by atoms with E-state index in [4.69, 9.17) is 5.26 Å². The number of aromatic nitrogens is 3. The van der Waals surface area contributed by atoms with E-state index in [-0.39, 0.29) is 11.8 Å². The van der Waals surface area contributed by atoms with E-state index in [0.717, 1.165) is 28.5 Å². The molecule has 0 saturated heterocycles. The van der Waals surface area contributed by atoms with E-state index in [0.29, 0.717) is 21.5 Å². The third kappa shape index (κ3) is 4.88. The number of nitrogens with zero attached hydrogens (tertiary/aromatic N) is 4. The van der Waals surface area contributed by atoms with Crippen molar-refractivity contribution < 1.29 is 9.59 Å². The van der Waals surface area contributed by atoms with Crippen LogP contribution in [-0.2, 0) is 9.59 Å². The number of rotatable bonds is 6. The number of benzene rings is 1. The van der Waals surface area contributed by atoms with Crippen LogP contribution in [-0.4, -0.2) is 26.8 Å². The molecule has 29 heavy (non-hydrogen) atoms. The van der Waals surface area contributed by atoms with E-state index < -0.39 is 5.92 Å². The summed E-state index contributed by atoms with van der Waals surface area (Å²) in [7, 11) is 0. The molecule has 0 spiro atoms. The largest absolute Gasteiger partial charge is 0.306 e. The quantitative estimate of drug-likeness (QED) is 0.608. The highest BCUT2D eigenvalue weighted by Gasteiger charge is 2.17. The zero-order valence-electron chi connectivity index (χ0n) is 15.4. The SMILES string of the molecule is C=CC(=O)Nc1cnc(-c2cccc([C@H](C)C(=O)Nc3ncc(C#N)s3)c2)cn1. The first-order valence-corrected chi connectivity index (χ1v) is 9.34. The molecule has 3 rings (SSSR count). The van der Waals surface area contributed by atoms with E-state index in [1.807, 2.05) is 30.3 Å². The molecule has 3 aromatic rings. The number of amides is 2. The number of hydrogen-bond acceptors (Lipinski definition) is 7. The monoisotopic (exact) mass is 404 g/mol. The summed E-state index contributed by atoms with van der Waals surface area (Å²) in [5.74, 6) is -0.711. The van der Waals surface area contributed by atoms with Crippen molar-refractivity contribution in [1.29, 1.82) is 5.26 Å². The Bertz CT molecular complexity index is 1100. The molecule has 2 N–H and O–H groups in total. The van der Waals surface area contributed by atoms with Crippen LogP contribution in [0.4, 0.5) is 10.9 Å². The minimum Gasteiger partial charge on any atom is -0.306 e. The molecule has 0 saturated carbocycles. The van der Waals surface area contributed by atoms with Crippen molar-refractivity contribution in [2.75, 3.05) is 10.6 Å². The number of nitrogens with one attached hydrogen (secondary N) is 2. The third-order valence-corrected chi connectivity index (χ3v) is 4.83. The molecule has 0 unspecified atom stereocenters. The number of carbonyl (C=O) groups excluding carboxylic acids is 2. The Morgan fingerprint density at radius 1 is 1.21 bits per heavy atom. The molecule has 1 atom stereocenters. The van der Waals surface area contributed by atoms with Gasteiger partial charge >= 0.3 is 0 Å². The molecule has 0 aliphatic rings. The van der Waals surface area contributed by atoms with Gasteiger partial charge in [-0.2, -0.15) is 5.26 Å². The fraction of sp³-hybridized carbons (Fsp3) is 0.100. The summed E-state index contributed by atoms with van der Waals surface area (Å²) in [4.78, 5) is 36.8. The number of thiazole rings is 1. The van der Waals surface area contributed by atoms with Crippen LogP contribution in [0.25, 0.3) is 11.3 Å². The van der Waals surface area contributed by atoms with E-state index in [1.54, 1.807) is 13.1 Å². The third-order valence-electron chi connectivity index (χ3n) is 4.01. The van der Waals surface area contributed by atoms with Gasteiger partial charge in [0.05, 0.1) is 30.2 Å². The maximum atomic E-state index is 12.5. The van der Waals surface area contributed by atoms with Crippen LogP contribution in [0.15, 0.2) is 55.5 Å². The van der Waals surface area contributed by atoms with Gasteiger partial charge in [0.2, 0.25) is 11.8 Å². The summed E-state index contributed by atoms with van der Waals surface area (Å²) in [6.45, 7) is 5.17. The first kappa shape index (κ1) is 19.9. The molecule has 9 heteroatoms. The topological polar surface area (TPSA) is 121 Å². The minimum absolute atomic E-state index is 0.227. The van der Waals surface area contributed by atoms with Crippen molar-refractivity contribution >= 4 is 34.1 Å². The van der Waals surface area contributed by atoms with E-state index in [1.165, 1.54) is 12.4 Å². The molecule has 2 aromatic heterocycles. The molecule has 8 nitrogen and oxygen atoms in total. The zero-order chi connectivity index (χ0) is 20.8. The summed E-state index contributed by atoms with van der Waals surface area (Å²) >= 11 is 1.12. The van der Waals surface area contributed by atoms with Crippen LogP contribution in [0.2, 0.25) is 0 Å². The summed E-state index contributed by atoms with van der Waals surface area (Å²) in [6.07, 6.45) is 5.57. The molecule has 144 valence electrons. The Morgan fingerprint density at radius 2 is 2.03 bits per heavy atom. The average molecular weight is 404 g/mol. The zero-order valence-corrected chi connectivity index (χ0v) is 16.2. The normalized spacial score (nSPS) is 11.2. The van der Waals surface area contributed by atoms with E-state index in [2.05, 4.69) is 32.2 Å². The van der Waals surface area contributed by atoms with Crippen molar-refractivity contribution in [2.45, 2.75) is 12.8 Å². The molecule has 2 amide bonds. The summed E-state index contributed by atoms with van der Waals surface area (Å²) in [6, 6.07) is 9.39. The molecule has 0 bridgehead atoms. The van der Waals surface area contributed by atoms with Gasteiger partial charge in [0, 0.05) is 5.56 Å². The van der Waals surface area contributed by atoms with Gasteiger partial charge in [-0.05, 0) is 24.6 Å². The maximum absolute atomic E-state index is 12.5. The summed E-state index contributed by atoms with van der Waals surface area (Å²) in [5, 5.41) is 14.5.